The van der Waals surface area contributed by atoms with E-state index in [9.17, 15) is 9.59 Å². The Kier molecular flexibility index (Phi) is 5.23. The van der Waals surface area contributed by atoms with Crippen LogP contribution in [0.2, 0.25) is 0 Å². The SMILES string of the molecule is O=C(NC1CCCCC1)c1ncoc1-c1ccccc1C(=O)N1CCCC1. The summed E-state index contributed by atoms with van der Waals surface area (Å²) in [5.74, 6) is 0.124. The number of oxazole rings is 1. The number of nitrogens with one attached hydrogen (secondary N) is 1. The molecule has 6 heteroatoms. The molecule has 1 aromatic carbocycles. The number of nitrogens with zero attached hydrogens (tertiary/aromatic N) is 2. The summed E-state index contributed by atoms with van der Waals surface area (Å²) in [5.41, 5.74) is 1.44. The number of hydrogen-bond acceptors (Lipinski definition) is 4. The Morgan fingerprint density at radius 3 is 2.56 bits per heavy atom. The van der Waals surface area contributed by atoms with Crippen LogP contribution in [0.5, 0.6) is 0 Å². The Hall–Kier alpha value is -2.63. The minimum Gasteiger partial charge on any atom is -0.443 e. The van der Waals surface area contributed by atoms with Crippen molar-refractivity contribution in [2.24, 2.45) is 0 Å². The average molecular weight is 367 g/mol. The normalized spacial score (nSPS) is 17.9. The van der Waals surface area contributed by atoms with Crippen LogP contribution in [0, 0.1) is 0 Å². The van der Waals surface area contributed by atoms with E-state index >= 15 is 0 Å². The van der Waals surface area contributed by atoms with Crippen molar-refractivity contribution in [2.45, 2.75) is 51.0 Å². The van der Waals surface area contributed by atoms with Crippen LogP contribution in [-0.4, -0.2) is 40.8 Å². The molecule has 1 aromatic heterocycles. The quantitative estimate of drug-likeness (QED) is 0.895. The van der Waals surface area contributed by atoms with Gasteiger partial charge in [0.05, 0.1) is 5.56 Å². The van der Waals surface area contributed by atoms with E-state index in [1.807, 2.05) is 23.1 Å². The van der Waals surface area contributed by atoms with Crippen LogP contribution in [0.25, 0.3) is 11.3 Å². The molecule has 0 radical (unpaired) electrons. The molecule has 2 amide bonds. The second-order valence-electron chi connectivity index (χ2n) is 7.38. The first kappa shape index (κ1) is 17.8. The number of benzene rings is 1. The van der Waals surface area contributed by atoms with Crippen LogP contribution in [0.15, 0.2) is 35.1 Å². The van der Waals surface area contributed by atoms with E-state index in [0.717, 1.165) is 51.6 Å². The lowest BCUT2D eigenvalue weighted by molar-refractivity contribution is 0.0792. The molecular formula is C21H25N3O3. The molecule has 1 aliphatic carbocycles. The van der Waals surface area contributed by atoms with E-state index in [0.29, 0.717) is 16.9 Å². The Labute approximate surface area is 159 Å². The summed E-state index contributed by atoms with van der Waals surface area (Å²) in [4.78, 5) is 31.7. The molecule has 2 fully saturated rings. The number of amides is 2. The number of carbonyl (C=O) groups excluding carboxylic acids is 2. The second-order valence-corrected chi connectivity index (χ2v) is 7.38. The monoisotopic (exact) mass is 367 g/mol. The van der Waals surface area contributed by atoms with Gasteiger partial charge in [0.1, 0.15) is 0 Å². The zero-order valence-corrected chi connectivity index (χ0v) is 15.4. The minimum atomic E-state index is -0.228. The van der Waals surface area contributed by atoms with Gasteiger partial charge in [-0.05, 0) is 31.7 Å². The van der Waals surface area contributed by atoms with E-state index in [1.54, 1.807) is 6.07 Å². The zero-order valence-electron chi connectivity index (χ0n) is 15.4. The van der Waals surface area contributed by atoms with Crippen LogP contribution in [0.4, 0.5) is 0 Å². The Morgan fingerprint density at radius 1 is 1.04 bits per heavy atom. The molecule has 0 unspecified atom stereocenters. The first-order valence-corrected chi connectivity index (χ1v) is 9.87. The lowest BCUT2D eigenvalue weighted by atomic mass is 9.95. The highest BCUT2D eigenvalue weighted by atomic mass is 16.3. The van der Waals surface area contributed by atoms with Gasteiger partial charge in [-0.1, -0.05) is 37.5 Å². The standard InChI is InChI=1S/C21H25N3O3/c25-20(23-15-8-2-1-3-9-15)18-19(27-14-22-18)16-10-4-5-11-17(16)21(26)24-12-6-7-13-24/h4-5,10-11,14-15H,1-3,6-9,12-13H2,(H,23,25). The number of carbonyl (C=O) groups is 2. The molecule has 27 heavy (non-hydrogen) atoms. The summed E-state index contributed by atoms with van der Waals surface area (Å²) in [6, 6.07) is 7.49. The molecule has 2 aliphatic rings. The van der Waals surface area contributed by atoms with Gasteiger partial charge in [0.15, 0.2) is 17.8 Å². The smallest absolute Gasteiger partial charge is 0.274 e. The fourth-order valence-electron chi connectivity index (χ4n) is 4.06. The average Bonchev–Trinajstić information content (AvgIpc) is 3.40. The molecule has 1 saturated carbocycles. The molecule has 0 bridgehead atoms. The number of aromatic nitrogens is 1. The molecule has 0 spiro atoms. The van der Waals surface area contributed by atoms with Crippen molar-refractivity contribution < 1.29 is 14.0 Å². The highest BCUT2D eigenvalue weighted by Crippen LogP contribution is 2.29. The minimum absolute atomic E-state index is 0.0156. The van der Waals surface area contributed by atoms with E-state index in [4.69, 9.17) is 4.42 Å². The fourth-order valence-corrected chi connectivity index (χ4v) is 4.06. The molecule has 6 nitrogen and oxygen atoms in total. The van der Waals surface area contributed by atoms with Gasteiger partial charge in [-0.25, -0.2) is 4.98 Å². The molecule has 1 aliphatic heterocycles. The summed E-state index contributed by atoms with van der Waals surface area (Å²) >= 11 is 0. The van der Waals surface area contributed by atoms with Crippen molar-refractivity contribution in [1.29, 1.82) is 0 Å². The van der Waals surface area contributed by atoms with Gasteiger partial charge in [0.2, 0.25) is 0 Å². The maximum atomic E-state index is 12.9. The van der Waals surface area contributed by atoms with Crippen LogP contribution < -0.4 is 5.32 Å². The van der Waals surface area contributed by atoms with Crippen molar-refractivity contribution in [3.8, 4) is 11.3 Å². The predicted molar refractivity (Wildman–Crippen MR) is 101 cm³/mol. The Balaban J connectivity index is 1.60. The van der Waals surface area contributed by atoms with Crippen molar-refractivity contribution >= 4 is 11.8 Å². The van der Waals surface area contributed by atoms with Gasteiger partial charge >= 0.3 is 0 Å². The van der Waals surface area contributed by atoms with E-state index in [1.165, 1.54) is 12.8 Å². The number of hydrogen-bond donors (Lipinski definition) is 1. The number of rotatable bonds is 4. The van der Waals surface area contributed by atoms with Crippen molar-refractivity contribution in [2.75, 3.05) is 13.1 Å². The first-order valence-electron chi connectivity index (χ1n) is 9.87. The third-order valence-electron chi connectivity index (χ3n) is 5.52. The third-order valence-corrected chi connectivity index (χ3v) is 5.52. The lowest BCUT2D eigenvalue weighted by Gasteiger charge is -2.22. The molecule has 1 N–H and O–H groups in total. The number of likely N-dealkylation sites (tertiary alicyclic amines) is 1. The Bertz CT molecular complexity index is 818. The topological polar surface area (TPSA) is 75.4 Å². The van der Waals surface area contributed by atoms with Crippen LogP contribution in [0.1, 0.15) is 65.8 Å². The zero-order chi connectivity index (χ0) is 18.6. The Morgan fingerprint density at radius 2 is 1.78 bits per heavy atom. The van der Waals surface area contributed by atoms with Crippen LogP contribution in [0.3, 0.4) is 0 Å². The fraction of sp³-hybridized carbons (Fsp3) is 0.476. The van der Waals surface area contributed by atoms with Gasteiger partial charge in [-0.3, -0.25) is 9.59 Å². The van der Waals surface area contributed by atoms with E-state index < -0.39 is 0 Å². The van der Waals surface area contributed by atoms with Crippen LogP contribution >= 0.6 is 0 Å². The van der Waals surface area contributed by atoms with Gasteiger partial charge in [0, 0.05) is 24.7 Å². The molecule has 2 heterocycles. The first-order chi connectivity index (χ1) is 13.2. The molecule has 2 aromatic rings. The van der Waals surface area contributed by atoms with E-state index in [2.05, 4.69) is 10.3 Å². The largest absolute Gasteiger partial charge is 0.443 e. The van der Waals surface area contributed by atoms with Crippen LogP contribution in [-0.2, 0) is 0 Å². The van der Waals surface area contributed by atoms with Gasteiger partial charge < -0.3 is 14.6 Å². The maximum Gasteiger partial charge on any atom is 0.274 e. The molecule has 1 saturated heterocycles. The van der Waals surface area contributed by atoms with Gasteiger partial charge in [-0.15, -0.1) is 0 Å². The van der Waals surface area contributed by atoms with Gasteiger partial charge in [-0.2, -0.15) is 0 Å². The van der Waals surface area contributed by atoms with Crippen molar-refractivity contribution in [3.63, 3.8) is 0 Å². The second kappa shape index (κ2) is 7.94. The molecular weight excluding hydrogens is 342 g/mol. The predicted octanol–water partition coefficient (Wildman–Crippen LogP) is 3.64. The maximum absolute atomic E-state index is 12.9. The molecule has 0 atom stereocenters. The van der Waals surface area contributed by atoms with E-state index in [-0.39, 0.29) is 23.6 Å². The summed E-state index contributed by atoms with van der Waals surface area (Å²) in [6.45, 7) is 1.55. The summed E-state index contributed by atoms with van der Waals surface area (Å²) in [5, 5.41) is 3.08. The molecule has 142 valence electrons. The van der Waals surface area contributed by atoms with Crippen molar-refractivity contribution in [1.82, 2.24) is 15.2 Å². The van der Waals surface area contributed by atoms with Gasteiger partial charge in [0.25, 0.3) is 11.8 Å². The summed E-state index contributed by atoms with van der Waals surface area (Å²) < 4.78 is 5.57. The van der Waals surface area contributed by atoms with Crippen molar-refractivity contribution in [3.05, 3.63) is 41.9 Å². The summed E-state index contributed by atoms with van der Waals surface area (Å²) in [7, 11) is 0. The highest BCUT2D eigenvalue weighted by Gasteiger charge is 2.27. The molecule has 4 rings (SSSR count). The third kappa shape index (κ3) is 3.75. The highest BCUT2D eigenvalue weighted by molar-refractivity contribution is 6.04. The lowest BCUT2D eigenvalue weighted by Crippen LogP contribution is -2.36. The summed E-state index contributed by atoms with van der Waals surface area (Å²) in [6.07, 6.45) is 8.87.